The lowest BCUT2D eigenvalue weighted by Gasteiger charge is -2.11. The summed E-state index contributed by atoms with van der Waals surface area (Å²) in [4.78, 5) is 31.2. The van der Waals surface area contributed by atoms with Crippen molar-refractivity contribution in [1.29, 1.82) is 0 Å². The van der Waals surface area contributed by atoms with Crippen LogP contribution in [0.15, 0.2) is 71.9 Å². The van der Waals surface area contributed by atoms with Crippen LogP contribution < -0.4 is 4.74 Å². The minimum atomic E-state index is -0.698. The van der Waals surface area contributed by atoms with Gasteiger partial charge in [0.25, 0.3) is 0 Å². The lowest BCUT2D eigenvalue weighted by atomic mass is 10.1. The Morgan fingerprint density at radius 3 is 2.65 bits per heavy atom. The highest BCUT2D eigenvalue weighted by molar-refractivity contribution is 5.88. The van der Waals surface area contributed by atoms with E-state index in [9.17, 15) is 9.59 Å². The molecule has 3 aromatic rings. The molecule has 0 fully saturated rings. The molecular weight excluding hydrogens is 396 g/mol. The zero-order valence-electron chi connectivity index (χ0n) is 17.4. The second-order valence-corrected chi connectivity index (χ2v) is 6.66. The second kappa shape index (κ2) is 10.8. The number of nitrogens with zero attached hydrogens (tertiary/aromatic N) is 1. The van der Waals surface area contributed by atoms with E-state index in [1.165, 1.54) is 20.3 Å². The summed E-state index contributed by atoms with van der Waals surface area (Å²) in [6.45, 7) is 0.190. The van der Waals surface area contributed by atoms with Crippen LogP contribution in [0.1, 0.15) is 11.1 Å². The molecule has 1 atom stereocenters. The summed E-state index contributed by atoms with van der Waals surface area (Å²) in [5.41, 5.74) is 2.70. The number of esters is 2. The van der Waals surface area contributed by atoms with Gasteiger partial charge in [-0.05, 0) is 29.8 Å². The van der Waals surface area contributed by atoms with Crippen LogP contribution in [0.4, 0.5) is 0 Å². The van der Waals surface area contributed by atoms with Crippen LogP contribution in [0.25, 0.3) is 10.9 Å². The topological polar surface area (TPSA) is 90.0 Å². The maximum atomic E-state index is 12.4. The van der Waals surface area contributed by atoms with E-state index in [4.69, 9.17) is 9.47 Å². The van der Waals surface area contributed by atoms with Crippen LogP contribution in [-0.4, -0.2) is 50.0 Å². The summed E-state index contributed by atoms with van der Waals surface area (Å²) in [6.07, 6.45) is 6.76. The SMILES string of the molecule is COC(=O)/C=C\COc1ccccc1C=N[C@H](Cc1c[nH]c2ccccc12)C(=O)OC. The first-order valence-corrected chi connectivity index (χ1v) is 9.74. The van der Waals surface area contributed by atoms with E-state index in [1.54, 1.807) is 18.4 Å². The Morgan fingerprint density at radius 1 is 1.06 bits per heavy atom. The number of aliphatic imine (C=N–C) groups is 1. The highest BCUT2D eigenvalue weighted by Gasteiger charge is 2.20. The van der Waals surface area contributed by atoms with E-state index in [0.29, 0.717) is 17.7 Å². The average Bonchev–Trinajstić information content (AvgIpc) is 3.22. The molecule has 0 spiro atoms. The van der Waals surface area contributed by atoms with Crippen molar-refractivity contribution in [2.75, 3.05) is 20.8 Å². The van der Waals surface area contributed by atoms with E-state index < -0.39 is 18.0 Å². The number of hydrogen-bond acceptors (Lipinski definition) is 6. The summed E-state index contributed by atoms with van der Waals surface area (Å²) in [5.74, 6) is -0.283. The molecule has 0 aliphatic rings. The summed E-state index contributed by atoms with van der Waals surface area (Å²) < 4.78 is 15.2. The number of carbonyl (C=O) groups excluding carboxylic acids is 2. The van der Waals surface area contributed by atoms with Crippen molar-refractivity contribution in [3.05, 3.63) is 78.0 Å². The molecule has 7 nitrogen and oxygen atoms in total. The molecule has 0 aliphatic heterocycles. The lowest BCUT2D eigenvalue weighted by Crippen LogP contribution is -2.23. The van der Waals surface area contributed by atoms with Gasteiger partial charge in [-0.3, -0.25) is 4.99 Å². The Morgan fingerprint density at radius 2 is 1.84 bits per heavy atom. The molecule has 0 saturated carbocycles. The fraction of sp³-hybridized carbons (Fsp3) is 0.208. The van der Waals surface area contributed by atoms with Gasteiger partial charge in [0.2, 0.25) is 0 Å². The number of H-pyrrole nitrogens is 1. The van der Waals surface area contributed by atoms with Gasteiger partial charge < -0.3 is 19.2 Å². The Hall–Kier alpha value is -3.87. The second-order valence-electron chi connectivity index (χ2n) is 6.66. The summed E-state index contributed by atoms with van der Waals surface area (Å²) in [7, 11) is 2.66. The van der Waals surface area contributed by atoms with Crippen LogP contribution in [0.3, 0.4) is 0 Å². The van der Waals surface area contributed by atoms with Crippen molar-refractivity contribution in [2.45, 2.75) is 12.5 Å². The maximum Gasteiger partial charge on any atom is 0.330 e. The molecule has 7 heteroatoms. The predicted octanol–water partition coefficient (Wildman–Crippen LogP) is 3.48. The van der Waals surface area contributed by atoms with E-state index in [2.05, 4.69) is 14.7 Å². The molecule has 2 aromatic carbocycles. The number of para-hydroxylation sites is 2. The molecule has 1 heterocycles. The van der Waals surface area contributed by atoms with Crippen molar-refractivity contribution in [3.8, 4) is 5.75 Å². The van der Waals surface area contributed by atoms with Crippen LogP contribution in [0.2, 0.25) is 0 Å². The van der Waals surface area contributed by atoms with E-state index in [-0.39, 0.29) is 6.61 Å². The number of hydrogen-bond donors (Lipinski definition) is 1. The number of fused-ring (bicyclic) bond motifs is 1. The molecule has 0 unspecified atom stereocenters. The van der Waals surface area contributed by atoms with Crippen molar-refractivity contribution < 1.29 is 23.8 Å². The Labute approximate surface area is 180 Å². The van der Waals surface area contributed by atoms with Gasteiger partial charge in [0.05, 0.1) is 14.2 Å². The Balaban J connectivity index is 1.76. The van der Waals surface area contributed by atoms with E-state index in [0.717, 1.165) is 16.5 Å². The largest absolute Gasteiger partial charge is 0.489 e. The molecular formula is C24H24N2O5. The van der Waals surface area contributed by atoms with Crippen LogP contribution >= 0.6 is 0 Å². The highest BCUT2D eigenvalue weighted by Crippen LogP contribution is 2.21. The third kappa shape index (κ3) is 5.82. The van der Waals surface area contributed by atoms with Gasteiger partial charge in [0.15, 0.2) is 6.04 Å². The molecule has 31 heavy (non-hydrogen) atoms. The Kier molecular flexibility index (Phi) is 7.59. The molecule has 0 saturated heterocycles. The van der Waals surface area contributed by atoms with Crippen LogP contribution in [0, 0.1) is 0 Å². The summed E-state index contributed by atoms with van der Waals surface area (Å²) in [5, 5.41) is 1.05. The molecule has 1 N–H and O–H groups in total. The highest BCUT2D eigenvalue weighted by atomic mass is 16.5. The quantitative estimate of drug-likeness (QED) is 0.325. The van der Waals surface area contributed by atoms with Gasteiger partial charge in [0, 0.05) is 41.4 Å². The van der Waals surface area contributed by atoms with Gasteiger partial charge in [-0.25, -0.2) is 9.59 Å². The molecule has 0 amide bonds. The summed E-state index contributed by atoms with van der Waals surface area (Å²) in [6, 6.07) is 14.5. The van der Waals surface area contributed by atoms with E-state index in [1.807, 2.05) is 48.7 Å². The number of methoxy groups -OCH3 is 2. The number of aromatic amines is 1. The molecule has 1 aromatic heterocycles. The monoisotopic (exact) mass is 420 g/mol. The average molecular weight is 420 g/mol. The van der Waals surface area contributed by atoms with Crippen molar-refractivity contribution in [1.82, 2.24) is 4.98 Å². The summed E-state index contributed by atoms with van der Waals surface area (Å²) >= 11 is 0. The van der Waals surface area contributed by atoms with Gasteiger partial charge >= 0.3 is 11.9 Å². The number of rotatable bonds is 9. The minimum absolute atomic E-state index is 0.190. The minimum Gasteiger partial charge on any atom is -0.489 e. The number of carbonyl (C=O) groups is 2. The number of ether oxygens (including phenoxy) is 3. The first kappa shape index (κ1) is 21.8. The first-order valence-electron chi connectivity index (χ1n) is 9.74. The fourth-order valence-electron chi connectivity index (χ4n) is 3.08. The van der Waals surface area contributed by atoms with Crippen molar-refractivity contribution in [3.63, 3.8) is 0 Å². The lowest BCUT2D eigenvalue weighted by molar-refractivity contribution is -0.142. The zero-order valence-corrected chi connectivity index (χ0v) is 17.4. The molecule has 0 aliphatic carbocycles. The normalized spacial score (nSPS) is 12.3. The van der Waals surface area contributed by atoms with Gasteiger partial charge in [-0.15, -0.1) is 0 Å². The number of benzene rings is 2. The molecule has 160 valence electrons. The maximum absolute atomic E-state index is 12.4. The van der Waals surface area contributed by atoms with Gasteiger partial charge in [-0.2, -0.15) is 0 Å². The molecule has 3 rings (SSSR count). The smallest absolute Gasteiger partial charge is 0.330 e. The fourth-order valence-corrected chi connectivity index (χ4v) is 3.08. The first-order chi connectivity index (χ1) is 15.1. The van der Waals surface area contributed by atoms with E-state index >= 15 is 0 Å². The molecule has 0 radical (unpaired) electrons. The number of nitrogens with one attached hydrogen (secondary N) is 1. The standard InChI is InChI=1S/C24H24N2O5/c1-29-23(27)12-7-13-31-22-11-6-3-8-17(22)15-26-21(24(28)30-2)14-18-16-25-20-10-5-4-9-19(18)20/h3-12,15-16,21,25H,13-14H2,1-2H3/b12-7-,26-15?/t21-/m1/s1. The van der Waals surface area contributed by atoms with Crippen LogP contribution in [0.5, 0.6) is 5.75 Å². The molecule has 0 bridgehead atoms. The van der Waals surface area contributed by atoms with Gasteiger partial charge in [0.1, 0.15) is 12.4 Å². The Bertz CT molecular complexity index is 1100. The van der Waals surface area contributed by atoms with Crippen LogP contribution in [-0.2, 0) is 25.5 Å². The third-order valence-electron chi connectivity index (χ3n) is 4.66. The third-order valence-corrected chi connectivity index (χ3v) is 4.66. The number of aromatic nitrogens is 1. The van der Waals surface area contributed by atoms with Gasteiger partial charge in [-0.1, -0.05) is 30.3 Å². The van der Waals surface area contributed by atoms with Crippen molar-refractivity contribution >= 4 is 29.1 Å². The predicted molar refractivity (Wildman–Crippen MR) is 118 cm³/mol. The van der Waals surface area contributed by atoms with Crippen molar-refractivity contribution in [2.24, 2.45) is 4.99 Å². The zero-order chi connectivity index (χ0) is 22.1.